The van der Waals surface area contributed by atoms with E-state index in [1.165, 1.54) is 0 Å². The van der Waals surface area contributed by atoms with Crippen LogP contribution >= 0.6 is 0 Å². The van der Waals surface area contributed by atoms with Gasteiger partial charge in [0.05, 0.1) is 5.56 Å². The smallest absolute Gasteiger partial charge is 0.257 e. The minimum Gasteiger partial charge on any atom is -0.329 e. The van der Waals surface area contributed by atoms with Crippen LogP contribution in [0.15, 0.2) is 17.1 Å². The van der Waals surface area contributed by atoms with Gasteiger partial charge in [-0.15, -0.1) is 0 Å². The Morgan fingerprint density at radius 3 is 2.85 bits per heavy atom. The van der Waals surface area contributed by atoms with Crippen LogP contribution in [0.5, 0.6) is 0 Å². The van der Waals surface area contributed by atoms with E-state index in [-0.39, 0.29) is 5.56 Å². The predicted molar refractivity (Wildman–Crippen MR) is 53.5 cm³/mol. The summed E-state index contributed by atoms with van der Waals surface area (Å²) in [5, 5.41) is 7.69. The van der Waals surface area contributed by atoms with Crippen molar-refractivity contribution in [2.24, 2.45) is 0 Å². The molecule has 13 heavy (non-hydrogen) atoms. The van der Waals surface area contributed by atoms with Gasteiger partial charge in [0, 0.05) is 11.9 Å². The van der Waals surface area contributed by atoms with E-state index in [1.54, 1.807) is 6.20 Å². The molecule has 0 aliphatic carbocycles. The zero-order valence-corrected chi connectivity index (χ0v) is 7.98. The summed E-state index contributed by atoms with van der Waals surface area (Å²) >= 11 is 0. The highest BCUT2D eigenvalue weighted by atomic mass is 16.1. The highest BCUT2D eigenvalue weighted by molar-refractivity contribution is 5.98. The quantitative estimate of drug-likeness (QED) is 0.682. The van der Waals surface area contributed by atoms with Gasteiger partial charge in [-0.2, -0.15) is 0 Å². The van der Waals surface area contributed by atoms with Crippen molar-refractivity contribution < 1.29 is 0 Å². The lowest BCUT2D eigenvalue weighted by atomic mass is 10.0. The third kappa shape index (κ3) is 2.05. The molecule has 0 spiro atoms. The van der Waals surface area contributed by atoms with Crippen molar-refractivity contribution in [1.82, 2.24) is 4.98 Å². The van der Waals surface area contributed by atoms with Gasteiger partial charge in [0.15, 0.2) is 0 Å². The second-order valence-corrected chi connectivity index (χ2v) is 3.09. The van der Waals surface area contributed by atoms with Crippen LogP contribution in [-0.2, 0) is 0 Å². The standard InChI is InChI=1S/C10H14N2O/c1-3-4-8(11)9-7(2)5-6-12-10(9)13/h5-6,11H,3-4H2,1-2H3,(H,12,13). The van der Waals surface area contributed by atoms with Crippen molar-refractivity contribution in [3.63, 3.8) is 0 Å². The highest BCUT2D eigenvalue weighted by Gasteiger charge is 2.07. The Morgan fingerprint density at radius 1 is 1.62 bits per heavy atom. The molecule has 0 aromatic carbocycles. The maximum Gasteiger partial charge on any atom is 0.257 e. The van der Waals surface area contributed by atoms with Crippen molar-refractivity contribution in [2.45, 2.75) is 26.7 Å². The van der Waals surface area contributed by atoms with Crippen molar-refractivity contribution in [3.05, 3.63) is 33.7 Å². The highest BCUT2D eigenvalue weighted by Crippen LogP contribution is 2.04. The number of rotatable bonds is 3. The van der Waals surface area contributed by atoms with Gasteiger partial charge in [0.1, 0.15) is 0 Å². The molecule has 0 amide bonds. The molecule has 0 saturated heterocycles. The van der Waals surface area contributed by atoms with Crippen LogP contribution in [-0.4, -0.2) is 10.7 Å². The minimum atomic E-state index is -0.154. The Hall–Kier alpha value is -1.38. The fourth-order valence-corrected chi connectivity index (χ4v) is 1.33. The van der Waals surface area contributed by atoms with Crippen molar-refractivity contribution in [1.29, 1.82) is 5.41 Å². The lowest BCUT2D eigenvalue weighted by molar-refractivity contribution is 0.980. The number of hydrogen-bond acceptors (Lipinski definition) is 2. The molecular formula is C10H14N2O. The number of aromatic nitrogens is 1. The van der Waals surface area contributed by atoms with E-state index in [4.69, 9.17) is 5.41 Å². The molecule has 1 heterocycles. The SMILES string of the molecule is CCCC(=N)c1c(C)cc[nH]c1=O. The van der Waals surface area contributed by atoms with Crippen LogP contribution in [0.2, 0.25) is 0 Å². The molecule has 0 bridgehead atoms. The first-order valence-corrected chi connectivity index (χ1v) is 4.43. The molecule has 0 radical (unpaired) electrons. The molecule has 0 saturated carbocycles. The molecule has 0 fully saturated rings. The Kier molecular flexibility index (Phi) is 3.01. The molecule has 70 valence electrons. The maximum atomic E-state index is 11.4. The first-order valence-electron chi connectivity index (χ1n) is 4.43. The summed E-state index contributed by atoms with van der Waals surface area (Å²) < 4.78 is 0. The van der Waals surface area contributed by atoms with Crippen LogP contribution in [0, 0.1) is 12.3 Å². The van der Waals surface area contributed by atoms with Crippen LogP contribution in [0.4, 0.5) is 0 Å². The Bertz CT molecular complexity index is 365. The van der Waals surface area contributed by atoms with E-state index in [2.05, 4.69) is 4.98 Å². The van der Waals surface area contributed by atoms with E-state index in [9.17, 15) is 4.79 Å². The zero-order chi connectivity index (χ0) is 9.84. The van der Waals surface area contributed by atoms with E-state index < -0.39 is 0 Å². The summed E-state index contributed by atoms with van der Waals surface area (Å²) in [7, 11) is 0. The van der Waals surface area contributed by atoms with E-state index in [0.717, 1.165) is 12.0 Å². The van der Waals surface area contributed by atoms with Gasteiger partial charge in [0.25, 0.3) is 5.56 Å². The second kappa shape index (κ2) is 4.03. The van der Waals surface area contributed by atoms with Crippen molar-refractivity contribution in [3.8, 4) is 0 Å². The van der Waals surface area contributed by atoms with E-state index in [1.807, 2.05) is 19.9 Å². The number of hydrogen-bond donors (Lipinski definition) is 2. The molecule has 3 heteroatoms. The molecule has 1 rings (SSSR count). The molecule has 1 aromatic heterocycles. The summed E-state index contributed by atoms with van der Waals surface area (Å²) in [5.74, 6) is 0. The molecule has 0 unspecified atom stereocenters. The number of aryl methyl sites for hydroxylation is 1. The minimum absolute atomic E-state index is 0.154. The van der Waals surface area contributed by atoms with Crippen LogP contribution < -0.4 is 5.56 Å². The Morgan fingerprint density at radius 2 is 2.31 bits per heavy atom. The third-order valence-electron chi connectivity index (χ3n) is 1.97. The normalized spacial score (nSPS) is 10.0. The first-order chi connectivity index (χ1) is 6.16. The first kappa shape index (κ1) is 9.71. The van der Waals surface area contributed by atoms with Gasteiger partial charge in [-0.05, 0) is 25.0 Å². The summed E-state index contributed by atoms with van der Waals surface area (Å²) in [6.07, 6.45) is 3.17. The monoisotopic (exact) mass is 178 g/mol. The number of pyridine rings is 1. The summed E-state index contributed by atoms with van der Waals surface area (Å²) in [4.78, 5) is 13.9. The molecule has 3 nitrogen and oxygen atoms in total. The van der Waals surface area contributed by atoms with Gasteiger partial charge in [0.2, 0.25) is 0 Å². The van der Waals surface area contributed by atoms with Crippen molar-refractivity contribution in [2.75, 3.05) is 0 Å². The average molecular weight is 178 g/mol. The Labute approximate surface area is 77.3 Å². The van der Waals surface area contributed by atoms with Gasteiger partial charge in [-0.3, -0.25) is 4.79 Å². The van der Waals surface area contributed by atoms with E-state index in [0.29, 0.717) is 17.7 Å². The maximum absolute atomic E-state index is 11.4. The molecule has 0 aliphatic heterocycles. The van der Waals surface area contributed by atoms with Gasteiger partial charge < -0.3 is 10.4 Å². The average Bonchev–Trinajstić information content (AvgIpc) is 2.04. The lowest BCUT2D eigenvalue weighted by Crippen LogP contribution is -2.18. The second-order valence-electron chi connectivity index (χ2n) is 3.09. The van der Waals surface area contributed by atoms with Gasteiger partial charge >= 0.3 is 0 Å². The largest absolute Gasteiger partial charge is 0.329 e. The van der Waals surface area contributed by atoms with E-state index >= 15 is 0 Å². The summed E-state index contributed by atoms with van der Waals surface area (Å²) in [6.45, 7) is 3.86. The summed E-state index contributed by atoms with van der Waals surface area (Å²) in [5.41, 5.74) is 1.69. The van der Waals surface area contributed by atoms with Crippen molar-refractivity contribution >= 4 is 5.71 Å². The van der Waals surface area contributed by atoms with Crippen LogP contribution in [0.1, 0.15) is 30.9 Å². The van der Waals surface area contributed by atoms with Gasteiger partial charge in [-0.1, -0.05) is 13.3 Å². The van der Waals surface area contributed by atoms with Gasteiger partial charge in [-0.25, -0.2) is 0 Å². The van der Waals surface area contributed by atoms with Crippen LogP contribution in [0.3, 0.4) is 0 Å². The molecular weight excluding hydrogens is 164 g/mol. The van der Waals surface area contributed by atoms with Crippen LogP contribution in [0.25, 0.3) is 0 Å². The summed E-state index contributed by atoms with van der Waals surface area (Å²) in [6, 6.07) is 1.82. The zero-order valence-electron chi connectivity index (χ0n) is 7.98. The number of H-pyrrole nitrogens is 1. The molecule has 1 aromatic rings. The fourth-order valence-electron chi connectivity index (χ4n) is 1.33. The molecule has 0 aliphatic rings. The Balaban J connectivity index is 3.13. The molecule has 0 atom stereocenters. The fraction of sp³-hybridized carbons (Fsp3) is 0.400. The lowest BCUT2D eigenvalue weighted by Gasteiger charge is -2.03. The third-order valence-corrected chi connectivity index (χ3v) is 1.97. The predicted octanol–water partition coefficient (Wildman–Crippen LogP) is 1.85. The molecule has 2 N–H and O–H groups in total. The number of aromatic amines is 1. The number of nitrogens with one attached hydrogen (secondary N) is 2. The topological polar surface area (TPSA) is 56.7 Å².